The van der Waals surface area contributed by atoms with E-state index >= 15 is 0 Å². The zero-order valence-electron chi connectivity index (χ0n) is 10.7. The fraction of sp³-hybridized carbons (Fsp3) is 0.231. The number of aryl methyl sites for hydroxylation is 1. The first-order valence-corrected chi connectivity index (χ1v) is 5.79. The van der Waals surface area contributed by atoms with Crippen LogP contribution in [0.2, 0.25) is 0 Å². The molecule has 0 spiro atoms. The standard InChI is InChI=1S/C13H14F2N4/c1-8-5-12(19-13(16-2)18-8)17-7-9-6-10(14)3-4-11(9)15/h3-6H,7H2,1-2H3,(H2,16,17,18,19). The molecular formula is C13H14F2N4. The van der Waals surface area contributed by atoms with Crippen LogP contribution in [0.4, 0.5) is 20.5 Å². The van der Waals surface area contributed by atoms with Crippen molar-refractivity contribution in [3.05, 3.63) is 47.2 Å². The molecule has 0 bridgehead atoms. The molecule has 0 aliphatic carbocycles. The van der Waals surface area contributed by atoms with Crippen molar-refractivity contribution in [2.45, 2.75) is 13.5 Å². The number of anilines is 2. The van der Waals surface area contributed by atoms with Crippen molar-refractivity contribution in [2.75, 3.05) is 17.7 Å². The van der Waals surface area contributed by atoms with E-state index in [1.165, 1.54) is 0 Å². The van der Waals surface area contributed by atoms with Gasteiger partial charge in [-0.1, -0.05) is 0 Å². The minimum atomic E-state index is -0.465. The third kappa shape index (κ3) is 3.37. The molecule has 1 aromatic heterocycles. The van der Waals surface area contributed by atoms with Crippen molar-refractivity contribution < 1.29 is 8.78 Å². The van der Waals surface area contributed by atoms with Crippen LogP contribution in [0, 0.1) is 18.6 Å². The molecule has 19 heavy (non-hydrogen) atoms. The maximum atomic E-state index is 13.4. The van der Waals surface area contributed by atoms with E-state index in [0.29, 0.717) is 11.8 Å². The first-order valence-electron chi connectivity index (χ1n) is 5.79. The molecule has 0 amide bonds. The summed E-state index contributed by atoms with van der Waals surface area (Å²) in [6.45, 7) is 1.99. The lowest BCUT2D eigenvalue weighted by molar-refractivity contribution is 0.587. The molecular weight excluding hydrogens is 250 g/mol. The van der Waals surface area contributed by atoms with Gasteiger partial charge in [0.2, 0.25) is 5.95 Å². The van der Waals surface area contributed by atoms with E-state index in [0.717, 1.165) is 23.9 Å². The lowest BCUT2D eigenvalue weighted by atomic mass is 10.2. The molecule has 2 N–H and O–H groups in total. The normalized spacial score (nSPS) is 10.3. The summed E-state index contributed by atoms with van der Waals surface area (Å²) in [4.78, 5) is 8.31. The molecule has 0 unspecified atom stereocenters. The van der Waals surface area contributed by atoms with Gasteiger partial charge in [-0.3, -0.25) is 0 Å². The molecule has 2 aromatic rings. The summed E-state index contributed by atoms with van der Waals surface area (Å²) in [5, 5.41) is 5.78. The molecule has 0 radical (unpaired) electrons. The Hall–Kier alpha value is -2.24. The highest BCUT2D eigenvalue weighted by atomic mass is 19.1. The third-order valence-corrected chi connectivity index (χ3v) is 2.55. The predicted octanol–water partition coefficient (Wildman–Crippen LogP) is 2.72. The largest absolute Gasteiger partial charge is 0.366 e. The Morgan fingerprint density at radius 1 is 1.16 bits per heavy atom. The zero-order valence-corrected chi connectivity index (χ0v) is 10.7. The number of hydrogen-bond acceptors (Lipinski definition) is 4. The van der Waals surface area contributed by atoms with E-state index in [1.54, 1.807) is 13.1 Å². The summed E-state index contributed by atoms with van der Waals surface area (Å²) in [6.07, 6.45) is 0. The highest BCUT2D eigenvalue weighted by Gasteiger charge is 2.05. The molecule has 4 nitrogen and oxygen atoms in total. The molecule has 0 saturated heterocycles. The van der Waals surface area contributed by atoms with Crippen molar-refractivity contribution >= 4 is 11.8 Å². The van der Waals surface area contributed by atoms with Crippen LogP contribution in [0.15, 0.2) is 24.3 Å². The van der Waals surface area contributed by atoms with Gasteiger partial charge in [0, 0.05) is 30.9 Å². The van der Waals surface area contributed by atoms with Gasteiger partial charge in [0.1, 0.15) is 17.5 Å². The highest BCUT2D eigenvalue weighted by Crippen LogP contribution is 2.13. The van der Waals surface area contributed by atoms with Crippen LogP contribution in [0.1, 0.15) is 11.3 Å². The van der Waals surface area contributed by atoms with Crippen molar-refractivity contribution in [1.82, 2.24) is 9.97 Å². The zero-order chi connectivity index (χ0) is 13.8. The van der Waals surface area contributed by atoms with E-state index < -0.39 is 11.6 Å². The van der Waals surface area contributed by atoms with Crippen molar-refractivity contribution in [3.8, 4) is 0 Å². The number of nitrogens with zero attached hydrogens (tertiary/aromatic N) is 2. The minimum absolute atomic E-state index is 0.156. The molecule has 6 heteroatoms. The molecule has 0 aliphatic rings. The average molecular weight is 264 g/mol. The van der Waals surface area contributed by atoms with Crippen LogP contribution in [0.5, 0.6) is 0 Å². The Bertz CT molecular complexity index is 587. The minimum Gasteiger partial charge on any atom is -0.366 e. The summed E-state index contributed by atoms with van der Waals surface area (Å²) in [7, 11) is 1.71. The molecule has 1 heterocycles. The van der Waals surface area contributed by atoms with Crippen LogP contribution in [0.25, 0.3) is 0 Å². The summed E-state index contributed by atoms with van der Waals surface area (Å²) in [5.41, 5.74) is 1.03. The van der Waals surface area contributed by atoms with Crippen LogP contribution >= 0.6 is 0 Å². The number of rotatable bonds is 4. The van der Waals surface area contributed by atoms with E-state index in [1.807, 2.05) is 6.92 Å². The third-order valence-electron chi connectivity index (χ3n) is 2.55. The fourth-order valence-electron chi connectivity index (χ4n) is 1.64. The van der Waals surface area contributed by atoms with Crippen molar-refractivity contribution in [2.24, 2.45) is 0 Å². The molecule has 1 aromatic carbocycles. The summed E-state index contributed by atoms with van der Waals surface area (Å²) in [6, 6.07) is 5.09. The van der Waals surface area contributed by atoms with Gasteiger partial charge in [0.25, 0.3) is 0 Å². The Kier molecular flexibility index (Phi) is 3.89. The van der Waals surface area contributed by atoms with E-state index in [9.17, 15) is 8.78 Å². The van der Waals surface area contributed by atoms with Crippen LogP contribution in [-0.2, 0) is 6.54 Å². The van der Waals surface area contributed by atoms with E-state index in [2.05, 4.69) is 20.6 Å². The monoisotopic (exact) mass is 264 g/mol. The van der Waals surface area contributed by atoms with E-state index in [4.69, 9.17) is 0 Å². The summed E-state index contributed by atoms with van der Waals surface area (Å²) < 4.78 is 26.5. The quantitative estimate of drug-likeness (QED) is 0.891. The van der Waals surface area contributed by atoms with Gasteiger partial charge in [-0.2, -0.15) is 4.98 Å². The number of benzene rings is 1. The molecule has 0 aliphatic heterocycles. The van der Waals surface area contributed by atoms with Gasteiger partial charge in [-0.05, 0) is 25.1 Å². The van der Waals surface area contributed by atoms with Crippen LogP contribution in [-0.4, -0.2) is 17.0 Å². The molecule has 0 atom stereocenters. The van der Waals surface area contributed by atoms with Gasteiger partial charge in [0.15, 0.2) is 0 Å². The average Bonchev–Trinajstić information content (AvgIpc) is 2.39. The van der Waals surface area contributed by atoms with Crippen molar-refractivity contribution in [1.29, 1.82) is 0 Å². The topological polar surface area (TPSA) is 49.8 Å². The smallest absolute Gasteiger partial charge is 0.224 e. The summed E-state index contributed by atoms with van der Waals surface area (Å²) in [5.74, 6) is 0.115. The number of aromatic nitrogens is 2. The number of nitrogens with one attached hydrogen (secondary N) is 2. The van der Waals surface area contributed by atoms with Crippen LogP contribution in [0.3, 0.4) is 0 Å². The van der Waals surface area contributed by atoms with Crippen LogP contribution < -0.4 is 10.6 Å². The second kappa shape index (κ2) is 5.60. The second-order valence-corrected chi connectivity index (χ2v) is 4.06. The number of halogens is 2. The molecule has 0 fully saturated rings. The highest BCUT2D eigenvalue weighted by molar-refractivity contribution is 5.42. The Balaban J connectivity index is 2.14. The summed E-state index contributed by atoms with van der Waals surface area (Å²) >= 11 is 0. The lowest BCUT2D eigenvalue weighted by Gasteiger charge is -2.09. The van der Waals surface area contributed by atoms with Gasteiger partial charge in [-0.15, -0.1) is 0 Å². The SMILES string of the molecule is CNc1nc(C)cc(NCc2cc(F)ccc2F)n1. The maximum Gasteiger partial charge on any atom is 0.224 e. The maximum absolute atomic E-state index is 13.4. The molecule has 0 saturated carbocycles. The second-order valence-electron chi connectivity index (χ2n) is 4.06. The van der Waals surface area contributed by atoms with Gasteiger partial charge >= 0.3 is 0 Å². The predicted molar refractivity (Wildman–Crippen MR) is 70.0 cm³/mol. The first kappa shape index (κ1) is 13.2. The number of hydrogen-bond donors (Lipinski definition) is 2. The fourth-order valence-corrected chi connectivity index (χ4v) is 1.64. The van der Waals surface area contributed by atoms with E-state index in [-0.39, 0.29) is 12.1 Å². The van der Waals surface area contributed by atoms with Crippen molar-refractivity contribution in [3.63, 3.8) is 0 Å². The van der Waals surface area contributed by atoms with Gasteiger partial charge < -0.3 is 10.6 Å². The Morgan fingerprint density at radius 3 is 2.68 bits per heavy atom. The Labute approximate surface area is 109 Å². The lowest BCUT2D eigenvalue weighted by Crippen LogP contribution is -2.06. The molecule has 100 valence electrons. The van der Waals surface area contributed by atoms with Gasteiger partial charge in [-0.25, -0.2) is 13.8 Å². The molecule has 2 rings (SSSR count). The Morgan fingerprint density at radius 2 is 1.95 bits per heavy atom. The van der Waals surface area contributed by atoms with Gasteiger partial charge in [0.05, 0.1) is 0 Å². The first-order chi connectivity index (χ1) is 9.08.